The molecule has 1 atom stereocenters. The van der Waals surface area contributed by atoms with E-state index in [0.717, 1.165) is 23.2 Å². The second-order valence-corrected chi connectivity index (χ2v) is 6.89. The molecule has 0 radical (unpaired) electrons. The van der Waals surface area contributed by atoms with Gasteiger partial charge in [-0.05, 0) is 36.1 Å². The lowest BCUT2D eigenvalue weighted by Crippen LogP contribution is -2.42. The molecule has 0 fully saturated rings. The number of fused-ring (bicyclic) bond motifs is 2. The molecular formula is C21H21N3O2. The summed E-state index contributed by atoms with van der Waals surface area (Å²) < 4.78 is 0. The molecule has 5 heteroatoms. The Morgan fingerprint density at radius 1 is 1.12 bits per heavy atom. The van der Waals surface area contributed by atoms with Gasteiger partial charge in [-0.3, -0.25) is 9.59 Å². The zero-order valence-corrected chi connectivity index (χ0v) is 14.9. The first kappa shape index (κ1) is 16.4. The van der Waals surface area contributed by atoms with Gasteiger partial charge in [0.2, 0.25) is 0 Å². The van der Waals surface area contributed by atoms with E-state index in [1.807, 2.05) is 55.3 Å². The summed E-state index contributed by atoms with van der Waals surface area (Å²) in [6.07, 6.45) is 0. The van der Waals surface area contributed by atoms with Crippen molar-refractivity contribution in [2.45, 2.75) is 19.5 Å². The van der Waals surface area contributed by atoms with Crippen molar-refractivity contribution in [3.05, 3.63) is 76.2 Å². The summed E-state index contributed by atoms with van der Waals surface area (Å²) in [5.41, 5.74) is 2.35. The quantitative estimate of drug-likeness (QED) is 0.736. The number of aromatic amines is 1. The van der Waals surface area contributed by atoms with Gasteiger partial charge in [-0.1, -0.05) is 36.4 Å². The fourth-order valence-electron chi connectivity index (χ4n) is 3.70. The van der Waals surface area contributed by atoms with Crippen molar-refractivity contribution in [2.75, 3.05) is 18.5 Å². The van der Waals surface area contributed by atoms with E-state index in [1.54, 1.807) is 12.1 Å². The number of likely N-dealkylation sites (N-methyl/N-ethyl adjacent to an activating group) is 1. The van der Waals surface area contributed by atoms with Crippen LogP contribution < -0.4 is 10.5 Å². The predicted octanol–water partition coefficient (Wildman–Crippen LogP) is 3.01. The number of pyridine rings is 1. The highest BCUT2D eigenvalue weighted by Gasteiger charge is 2.28. The Kier molecular flexibility index (Phi) is 3.99. The molecule has 0 bridgehead atoms. The third-order valence-electron chi connectivity index (χ3n) is 5.06. The monoisotopic (exact) mass is 347 g/mol. The Hall–Kier alpha value is -3.08. The Balaban J connectivity index is 1.75. The molecule has 4 rings (SSSR count). The maximum absolute atomic E-state index is 13.2. The molecule has 1 unspecified atom stereocenters. The minimum atomic E-state index is -0.230. The zero-order valence-electron chi connectivity index (χ0n) is 14.9. The number of amides is 1. The molecule has 1 aliphatic heterocycles. The Labute approximate surface area is 151 Å². The first-order valence-corrected chi connectivity index (χ1v) is 8.76. The molecule has 0 spiro atoms. The minimum absolute atomic E-state index is 0.0230. The number of benzene rings is 2. The lowest BCUT2D eigenvalue weighted by molar-refractivity contribution is 0.0681. The molecule has 2 heterocycles. The third kappa shape index (κ3) is 2.75. The molecule has 0 saturated carbocycles. The largest absolute Gasteiger partial charge is 0.372 e. The van der Waals surface area contributed by atoms with Crippen molar-refractivity contribution in [2.24, 2.45) is 0 Å². The number of para-hydroxylation sites is 1. The van der Waals surface area contributed by atoms with Gasteiger partial charge in [-0.2, -0.15) is 0 Å². The van der Waals surface area contributed by atoms with Crippen LogP contribution in [0.25, 0.3) is 10.8 Å². The summed E-state index contributed by atoms with van der Waals surface area (Å²) >= 11 is 0. The van der Waals surface area contributed by atoms with Crippen LogP contribution in [0.3, 0.4) is 0 Å². The van der Waals surface area contributed by atoms with Crippen LogP contribution in [0.4, 0.5) is 5.69 Å². The van der Waals surface area contributed by atoms with Gasteiger partial charge in [-0.25, -0.2) is 0 Å². The summed E-state index contributed by atoms with van der Waals surface area (Å²) in [6, 6.07) is 17.2. The van der Waals surface area contributed by atoms with Crippen LogP contribution in [0.2, 0.25) is 0 Å². The highest BCUT2D eigenvalue weighted by Crippen LogP contribution is 2.27. The van der Waals surface area contributed by atoms with E-state index in [4.69, 9.17) is 0 Å². The average molecular weight is 347 g/mol. The Morgan fingerprint density at radius 2 is 1.85 bits per heavy atom. The molecule has 1 N–H and O–H groups in total. The number of aromatic nitrogens is 1. The van der Waals surface area contributed by atoms with Crippen molar-refractivity contribution < 1.29 is 4.79 Å². The van der Waals surface area contributed by atoms with Crippen LogP contribution in [0, 0.1) is 0 Å². The first-order chi connectivity index (χ1) is 12.5. The van der Waals surface area contributed by atoms with Gasteiger partial charge in [-0.15, -0.1) is 0 Å². The van der Waals surface area contributed by atoms with Gasteiger partial charge in [0.05, 0.1) is 0 Å². The van der Waals surface area contributed by atoms with E-state index < -0.39 is 0 Å². The van der Waals surface area contributed by atoms with Crippen molar-refractivity contribution >= 4 is 22.4 Å². The van der Waals surface area contributed by atoms with E-state index in [9.17, 15) is 9.59 Å². The smallest absolute Gasteiger partial charge is 0.270 e. The molecule has 2 aromatic carbocycles. The van der Waals surface area contributed by atoms with E-state index in [2.05, 4.69) is 16.0 Å². The number of hydrogen-bond donors (Lipinski definition) is 1. The fraction of sp³-hybridized carbons (Fsp3) is 0.238. The van der Waals surface area contributed by atoms with Crippen LogP contribution in [-0.2, 0) is 6.54 Å². The lowest BCUT2D eigenvalue weighted by atomic mass is 10.1. The summed E-state index contributed by atoms with van der Waals surface area (Å²) in [6.45, 7) is 3.30. The molecule has 5 nitrogen and oxygen atoms in total. The van der Waals surface area contributed by atoms with Gasteiger partial charge >= 0.3 is 0 Å². The maximum atomic E-state index is 13.2. The molecule has 132 valence electrons. The van der Waals surface area contributed by atoms with Crippen molar-refractivity contribution in [1.82, 2.24) is 9.88 Å². The number of rotatable bonds is 1. The summed E-state index contributed by atoms with van der Waals surface area (Å²) in [7, 11) is 2.04. The second kappa shape index (κ2) is 6.33. The highest BCUT2D eigenvalue weighted by atomic mass is 16.2. The number of carbonyl (C=O) groups excluding carboxylic acids is 1. The average Bonchev–Trinajstić information content (AvgIpc) is 2.77. The van der Waals surface area contributed by atoms with Crippen molar-refractivity contribution in [1.29, 1.82) is 0 Å². The summed E-state index contributed by atoms with van der Waals surface area (Å²) in [4.78, 5) is 32.3. The van der Waals surface area contributed by atoms with Gasteiger partial charge in [0.25, 0.3) is 11.5 Å². The van der Waals surface area contributed by atoms with E-state index in [0.29, 0.717) is 17.6 Å². The van der Waals surface area contributed by atoms with Crippen molar-refractivity contribution in [3.63, 3.8) is 0 Å². The van der Waals surface area contributed by atoms with Gasteiger partial charge < -0.3 is 14.8 Å². The zero-order chi connectivity index (χ0) is 18.3. The molecular weight excluding hydrogens is 326 g/mol. The van der Waals surface area contributed by atoms with E-state index >= 15 is 0 Å². The fourth-order valence-corrected chi connectivity index (χ4v) is 3.70. The van der Waals surface area contributed by atoms with Crippen LogP contribution in [0.1, 0.15) is 23.0 Å². The SMILES string of the molecule is CC1CN(C)c2ccccc2CN1C(=O)c1cc2ccccc2c(=O)[nH]1. The standard InChI is InChI=1S/C21H21N3O2/c1-14-12-23(2)19-10-6-4-8-16(19)13-24(14)21(26)18-11-15-7-3-5-9-17(15)20(25)22-18/h3-11,14H,12-13H2,1-2H3,(H,22,25). The molecule has 26 heavy (non-hydrogen) atoms. The van der Waals surface area contributed by atoms with E-state index in [-0.39, 0.29) is 17.5 Å². The Bertz CT molecular complexity index is 1040. The molecule has 1 aliphatic rings. The molecule has 1 amide bonds. The third-order valence-corrected chi connectivity index (χ3v) is 5.06. The molecule has 0 aliphatic carbocycles. The predicted molar refractivity (Wildman–Crippen MR) is 104 cm³/mol. The number of nitrogens with zero attached hydrogens (tertiary/aromatic N) is 2. The second-order valence-electron chi connectivity index (χ2n) is 6.89. The van der Waals surface area contributed by atoms with Gasteiger partial charge in [0.1, 0.15) is 5.69 Å². The van der Waals surface area contributed by atoms with Crippen LogP contribution in [0.5, 0.6) is 0 Å². The minimum Gasteiger partial charge on any atom is -0.372 e. The van der Waals surface area contributed by atoms with Gasteiger partial charge in [0, 0.05) is 37.3 Å². The van der Waals surface area contributed by atoms with Crippen LogP contribution in [0.15, 0.2) is 59.4 Å². The molecule has 0 saturated heterocycles. The highest BCUT2D eigenvalue weighted by molar-refractivity contribution is 5.96. The first-order valence-electron chi connectivity index (χ1n) is 8.76. The van der Waals surface area contributed by atoms with Gasteiger partial charge in [0.15, 0.2) is 0 Å². The Morgan fingerprint density at radius 3 is 2.69 bits per heavy atom. The maximum Gasteiger partial charge on any atom is 0.270 e. The number of hydrogen-bond acceptors (Lipinski definition) is 3. The normalized spacial score (nSPS) is 17.1. The van der Waals surface area contributed by atoms with E-state index in [1.165, 1.54) is 0 Å². The summed E-state index contributed by atoms with van der Waals surface area (Å²) in [5, 5.41) is 1.37. The van der Waals surface area contributed by atoms with Crippen molar-refractivity contribution in [3.8, 4) is 0 Å². The number of H-pyrrole nitrogens is 1. The van der Waals surface area contributed by atoms with Crippen LogP contribution in [-0.4, -0.2) is 35.4 Å². The molecule has 3 aromatic rings. The lowest BCUT2D eigenvalue weighted by Gasteiger charge is -2.28. The molecule has 1 aromatic heterocycles. The number of anilines is 1. The number of nitrogens with one attached hydrogen (secondary N) is 1. The van der Waals surface area contributed by atoms with Crippen LogP contribution >= 0.6 is 0 Å². The number of carbonyl (C=O) groups is 1. The summed E-state index contributed by atoms with van der Waals surface area (Å²) in [5.74, 6) is -0.148. The topological polar surface area (TPSA) is 56.4 Å².